The summed E-state index contributed by atoms with van der Waals surface area (Å²) in [6.45, 7) is 0. The third-order valence-electron chi connectivity index (χ3n) is 2.59. The van der Waals surface area contributed by atoms with Crippen LogP contribution in [0.4, 0.5) is 13.2 Å². The maximum absolute atomic E-state index is 13.6. The molecule has 0 aliphatic carbocycles. The SMILES string of the molecule is O=C(O)c1c(F)c(F)nc(F)c1Cc1ccccc1. The van der Waals surface area contributed by atoms with Gasteiger partial charge in [-0.2, -0.15) is 13.8 Å². The van der Waals surface area contributed by atoms with Crippen LogP contribution < -0.4 is 0 Å². The van der Waals surface area contributed by atoms with Crippen LogP contribution in [0.15, 0.2) is 30.3 Å². The van der Waals surface area contributed by atoms with Crippen LogP contribution in [0.2, 0.25) is 0 Å². The molecule has 98 valence electrons. The molecular formula is C13H8F3NO2. The van der Waals surface area contributed by atoms with E-state index in [2.05, 4.69) is 4.98 Å². The highest BCUT2D eigenvalue weighted by Gasteiger charge is 2.25. The normalized spacial score (nSPS) is 10.5. The van der Waals surface area contributed by atoms with Crippen molar-refractivity contribution in [3.05, 3.63) is 64.7 Å². The van der Waals surface area contributed by atoms with E-state index in [-0.39, 0.29) is 6.42 Å². The van der Waals surface area contributed by atoms with Gasteiger partial charge in [0.25, 0.3) is 5.95 Å². The first kappa shape index (κ1) is 13.1. The minimum Gasteiger partial charge on any atom is -0.478 e. The first-order valence-electron chi connectivity index (χ1n) is 5.31. The lowest BCUT2D eigenvalue weighted by molar-refractivity contribution is 0.0687. The van der Waals surface area contributed by atoms with Gasteiger partial charge in [0.05, 0.1) is 0 Å². The van der Waals surface area contributed by atoms with Gasteiger partial charge >= 0.3 is 5.97 Å². The fourth-order valence-electron chi connectivity index (χ4n) is 1.73. The Hall–Kier alpha value is -2.37. The molecule has 0 spiro atoms. The summed E-state index contributed by atoms with van der Waals surface area (Å²) in [7, 11) is 0. The van der Waals surface area contributed by atoms with Crippen LogP contribution in [0.1, 0.15) is 21.5 Å². The number of carboxylic acids is 1. The largest absolute Gasteiger partial charge is 0.478 e. The summed E-state index contributed by atoms with van der Waals surface area (Å²) in [5.41, 5.74) is -0.928. The van der Waals surface area contributed by atoms with Gasteiger partial charge in [-0.3, -0.25) is 0 Å². The molecule has 0 radical (unpaired) electrons. The molecule has 1 heterocycles. The summed E-state index contributed by atoms with van der Waals surface area (Å²) >= 11 is 0. The predicted molar refractivity (Wildman–Crippen MR) is 60.3 cm³/mol. The predicted octanol–water partition coefficient (Wildman–Crippen LogP) is 2.79. The van der Waals surface area contributed by atoms with Gasteiger partial charge in [-0.1, -0.05) is 30.3 Å². The first-order valence-corrected chi connectivity index (χ1v) is 5.31. The number of hydrogen-bond donors (Lipinski definition) is 1. The number of benzene rings is 1. The molecule has 2 rings (SSSR count). The summed E-state index contributed by atoms with van der Waals surface area (Å²) < 4.78 is 39.9. The highest BCUT2D eigenvalue weighted by molar-refractivity contribution is 5.89. The van der Waals surface area contributed by atoms with Crippen LogP contribution in [0.25, 0.3) is 0 Å². The number of halogens is 3. The Bertz CT molecular complexity index is 630. The fraction of sp³-hybridized carbons (Fsp3) is 0.0769. The maximum Gasteiger partial charge on any atom is 0.339 e. The van der Waals surface area contributed by atoms with Crippen molar-refractivity contribution in [1.82, 2.24) is 4.98 Å². The van der Waals surface area contributed by atoms with E-state index in [0.29, 0.717) is 5.56 Å². The molecule has 1 aromatic carbocycles. The monoisotopic (exact) mass is 267 g/mol. The molecule has 2 aromatic rings. The van der Waals surface area contributed by atoms with E-state index in [1.54, 1.807) is 30.3 Å². The molecule has 1 N–H and O–H groups in total. The van der Waals surface area contributed by atoms with Gasteiger partial charge in [0.1, 0.15) is 5.56 Å². The van der Waals surface area contributed by atoms with Crippen LogP contribution in [0.3, 0.4) is 0 Å². The Kier molecular flexibility index (Phi) is 3.50. The second-order valence-corrected chi connectivity index (χ2v) is 3.83. The zero-order valence-corrected chi connectivity index (χ0v) is 9.53. The number of aromatic carboxylic acids is 1. The van der Waals surface area contributed by atoms with Crippen LogP contribution in [0.5, 0.6) is 0 Å². The summed E-state index contributed by atoms with van der Waals surface area (Å²) in [5.74, 6) is -6.46. The number of nitrogens with zero attached hydrogens (tertiary/aromatic N) is 1. The second kappa shape index (κ2) is 5.09. The summed E-state index contributed by atoms with van der Waals surface area (Å²) in [4.78, 5) is 13.7. The number of aromatic nitrogens is 1. The number of carboxylic acid groups (broad SMARTS) is 1. The number of rotatable bonds is 3. The first-order chi connectivity index (χ1) is 9.00. The van der Waals surface area contributed by atoms with E-state index in [1.807, 2.05) is 0 Å². The van der Waals surface area contributed by atoms with E-state index in [4.69, 9.17) is 5.11 Å². The zero-order chi connectivity index (χ0) is 14.0. The highest BCUT2D eigenvalue weighted by atomic mass is 19.2. The van der Waals surface area contributed by atoms with E-state index < -0.39 is 34.8 Å². The number of carbonyl (C=O) groups is 1. The zero-order valence-electron chi connectivity index (χ0n) is 9.53. The molecular weight excluding hydrogens is 259 g/mol. The van der Waals surface area contributed by atoms with Crippen molar-refractivity contribution in [1.29, 1.82) is 0 Å². The van der Waals surface area contributed by atoms with Gasteiger partial charge in [-0.15, -0.1) is 0 Å². The van der Waals surface area contributed by atoms with E-state index in [9.17, 15) is 18.0 Å². The van der Waals surface area contributed by atoms with Crippen molar-refractivity contribution < 1.29 is 23.1 Å². The smallest absolute Gasteiger partial charge is 0.339 e. The van der Waals surface area contributed by atoms with Gasteiger partial charge in [-0.25, -0.2) is 9.18 Å². The quantitative estimate of drug-likeness (QED) is 0.870. The molecule has 0 saturated carbocycles. The van der Waals surface area contributed by atoms with Crippen molar-refractivity contribution >= 4 is 5.97 Å². The molecule has 0 aliphatic rings. The third kappa shape index (κ3) is 2.57. The van der Waals surface area contributed by atoms with Gasteiger partial charge in [0.2, 0.25) is 5.95 Å². The van der Waals surface area contributed by atoms with E-state index >= 15 is 0 Å². The van der Waals surface area contributed by atoms with Crippen molar-refractivity contribution in [2.75, 3.05) is 0 Å². The molecule has 19 heavy (non-hydrogen) atoms. The van der Waals surface area contributed by atoms with Crippen LogP contribution >= 0.6 is 0 Å². The standard InChI is InChI=1S/C13H8F3NO2/c14-10-9(13(18)19)8(11(15)17-12(10)16)6-7-4-2-1-3-5-7/h1-5H,6H2,(H,18,19). The molecule has 0 saturated heterocycles. The maximum atomic E-state index is 13.6. The Morgan fingerprint density at radius 1 is 1.11 bits per heavy atom. The van der Waals surface area contributed by atoms with E-state index in [0.717, 1.165) is 0 Å². The third-order valence-corrected chi connectivity index (χ3v) is 2.59. The van der Waals surface area contributed by atoms with Crippen molar-refractivity contribution in [2.24, 2.45) is 0 Å². The van der Waals surface area contributed by atoms with Crippen molar-refractivity contribution in [2.45, 2.75) is 6.42 Å². The molecule has 0 amide bonds. The number of hydrogen-bond acceptors (Lipinski definition) is 2. The second-order valence-electron chi connectivity index (χ2n) is 3.83. The minimum absolute atomic E-state index is 0.182. The van der Waals surface area contributed by atoms with Crippen LogP contribution in [-0.4, -0.2) is 16.1 Å². The van der Waals surface area contributed by atoms with Gasteiger partial charge in [0, 0.05) is 12.0 Å². The number of pyridine rings is 1. The van der Waals surface area contributed by atoms with Crippen molar-refractivity contribution in [3.8, 4) is 0 Å². The summed E-state index contributed by atoms with van der Waals surface area (Å²) in [6, 6.07) is 8.29. The van der Waals surface area contributed by atoms with Gasteiger partial charge < -0.3 is 5.11 Å². The fourth-order valence-corrected chi connectivity index (χ4v) is 1.73. The molecule has 0 bridgehead atoms. The lowest BCUT2D eigenvalue weighted by atomic mass is 10.0. The molecule has 0 aliphatic heterocycles. The lowest BCUT2D eigenvalue weighted by Gasteiger charge is -2.08. The Morgan fingerprint density at radius 3 is 2.32 bits per heavy atom. The lowest BCUT2D eigenvalue weighted by Crippen LogP contribution is -2.13. The van der Waals surface area contributed by atoms with Crippen molar-refractivity contribution in [3.63, 3.8) is 0 Å². The van der Waals surface area contributed by atoms with Gasteiger partial charge in [-0.05, 0) is 5.56 Å². The molecule has 6 heteroatoms. The average molecular weight is 267 g/mol. The van der Waals surface area contributed by atoms with Crippen LogP contribution in [-0.2, 0) is 6.42 Å². The summed E-state index contributed by atoms with van der Waals surface area (Å²) in [5, 5.41) is 8.87. The highest BCUT2D eigenvalue weighted by Crippen LogP contribution is 2.21. The summed E-state index contributed by atoms with van der Waals surface area (Å²) in [6.07, 6.45) is -0.182. The Balaban J connectivity index is 2.56. The van der Waals surface area contributed by atoms with E-state index in [1.165, 1.54) is 0 Å². The Labute approximate surface area is 106 Å². The minimum atomic E-state index is -1.76. The Morgan fingerprint density at radius 2 is 1.74 bits per heavy atom. The topological polar surface area (TPSA) is 50.2 Å². The molecule has 1 aromatic heterocycles. The molecule has 0 atom stereocenters. The average Bonchev–Trinajstić information content (AvgIpc) is 2.37. The van der Waals surface area contributed by atoms with Crippen LogP contribution in [0, 0.1) is 17.7 Å². The molecule has 0 fully saturated rings. The molecule has 0 unspecified atom stereocenters. The van der Waals surface area contributed by atoms with Gasteiger partial charge in [0.15, 0.2) is 5.82 Å². The molecule has 3 nitrogen and oxygen atoms in total.